The summed E-state index contributed by atoms with van der Waals surface area (Å²) in [7, 11) is -3.80. The van der Waals surface area contributed by atoms with Gasteiger partial charge in [0.15, 0.2) is 0 Å². The van der Waals surface area contributed by atoms with Gasteiger partial charge in [0.25, 0.3) is 0 Å². The molecule has 0 fully saturated rings. The highest BCUT2D eigenvalue weighted by Gasteiger charge is 2.10. The minimum atomic E-state index is -3.80. The van der Waals surface area contributed by atoms with E-state index in [2.05, 4.69) is 5.32 Å². The van der Waals surface area contributed by atoms with E-state index in [1.165, 1.54) is 30.0 Å². The second kappa shape index (κ2) is 7.15. The smallest absolute Gasteiger partial charge is 0.238 e. The molecule has 0 bridgehead atoms. The molecule has 0 atom stereocenters. The number of benzene rings is 2. The van der Waals surface area contributed by atoms with Gasteiger partial charge in [0.2, 0.25) is 15.9 Å². The Balaban J connectivity index is 2.00. The molecule has 0 aliphatic carbocycles. The highest BCUT2D eigenvalue weighted by atomic mass is 35.5. The molecule has 0 saturated carbocycles. The number of carbonyl (C=O) groups excluding carboxylic acids is 1. The molecule has 22 heavy (non-hydrogen) atoms. The first-order valence-electron chi connectivity index (χ1n) is 6.16. The summed E-state index contributed by atoms with van der Waals surface area (Å²) >= 11 is 7.30. The van der Waals surface area contributed by atoms with Gasteiger partial charge in [-0.15, -0.1) is 11.8 Å². The van der Waals surface area contributed by atoms with E-state index in [1.54, 1.807) is 12.1 Å². The van der Waals surface area contributed by atoms with Crippen LogP contribution in [0.15, 0.2) is 58.3 Å². The molecule has 1 amide bonds. The summed E-state index contributed by atoms with van der Waals surface area (Å²) in [5.41, 5.74) is 0.372. The Bertz CT molecular complexity index is 794. The van der Waals surface area contributed by atoms with Gasteiger partial charge in [-0.1, -0.05) is 29.8 Å². The number of nitrogens with two attached hydrogens (primary N) is 1. The van der Waals surface area contributed by atoms with Crippen LogP contribution in [0.3, 0.4) is 0 Å². The summed E-state index contributed by atoms with van der Waals surface area (Å²) < 4.78 is 22.5. The molecule has 0 spiro atoms. The largest absolute Gasteiger partial charge is 0.325 e. The predicted octanol–water partition coefficient (Wildman–Crippen LogP) is 2.72. The molecule has 0 aromatic heterocycles. The highest BCUT2D eigenvalue weighted by molar-refractivity contribution is 8.00. The normalized spacial score (nSPS) is 11.2. The molecule has 0 heterocycles. The quantitative estimate of drug-likeness (QED) is 0.806. The molecular weight excluding hydrogens is 344 g/mol. The standard InChI is InChI=1S/C14H13ClN2O3S2/c15-12-6-1-2-7-13(12)21-9-14(18)17-10-4-3-5-11(8-10)22(16,19)20/h1-8H,9H2,(H,17,18)(H2,16,19,20). The summed E-state index contributed by atoms with van der Waals surface area (Å²) in [6.45, 7) is 0. The third-order valence-electron chi connectivity index (χ3n) is 2.64. The number of anilines is 1. The van der Waals surface area contributed by atoms with Gasteiger partial charge < -0.3 is 5.32 Å². The van der Waals surface area contributed by atoms with Crippen molar-refractivity contribution in [2.75, 3.05) is 11.1 Å². The van der Waals surface area contributed by atoms with Crippen molar-refractivity contribution in [2.45, 2.75) is 9.79 Å². The molecule has 8 heteroatoms. The highest BCUT2D eigenvalue weighted by Crippen LogP contribution is 2.26. The zero-order chi connectivity index (χ0) is 16.2. The maximum absolute atomic E-state index is 11.9. The molecule has 0 radical (unpaired) electrons. The molecule has 0 aliphatic heterocycles. The van der Waals surface area contributed by atoms with Crippen molar-refractivity contribution in [3.8, 4) is 0 Å². The van der Waals surface area contributed by atoms with Crippen LogP contribution in [0.5, 0.6) is 0 Å². The Morgan fingerprint density at radius 3 is 2.59 bits per heavy atom. The molecule has 0 unspecified atom stereocenters. The molecule has 0 aliphatic rings. The van der Waals surface area contributed by atoms with Gasteiger partial charge in [0.05, 0.1) is 15.7 Å². The fourth-order valence-electron chi connectivity index (χ4n) is 1.65. The second-order valence-electron chi connectivity index (χ2n) is 4.34. The Hall–Kier alpha value is -1.54. The summed E-state index contributed by atoms with van der Waals surface area (Å²) in [5, 5.41) is 8.25. The third kappa shape index (κ3) is 4.74. The van der Waals surface area contributed by atoms with Crippen molar-refractivity contribution >= 4 is 45.0 Å². The van der Waals surface area contributed by atoms with E-state index in [1.807, 2.05) is 18.2 Å². The first-order valence-corrected chi connectivity index (χ1v) is 9.07. The zero-order valence-electron chi connectivity index (χ0n) is 11.3. The van der Waals surface area contributed by atoms with Crippen molar-refractivity contribution < 1.29 is 13.2 Å². The molecule has 0 saturated heterocycles. The third-order valence-corrected chi connectivity index (χ3v) is 5.07. The van der Waals surface area contributed by atoms with Crippen molar-refractivity contribution in [3.63, 3.8) is 0 Å². The van der Waals surface area contributed by atoms with Gasteiger partial charge in [0, 0.05) is 10.6 Å². The molecule has 2 aromatic rings. The molecule has 2 aromatic carbocycles. The van der Waals surface area contributed by atoms with Crippen molar-refractivity contribution in [1.29, 1.82) is 0 Å². The number of amides is 1. The lowest BCUT2D eigenvalue weighted by atomic mass is 10.3. The van der Waals surface area contributed by atoms with Crippen LogP contribution in [0.2, 0.25) is 5.02 Å². The fourth-order valence-corrected chi connectivity index (χ4v) is 3.25. The van der Waals surface area contributed by atoms with E-state index in [0.717, 1.165) is 4.90 Å². The topological polar surface area (TPSA) is 89.3 Å². The van der Waals surface area contributed by atoms with Crippen LogP contribution in [-0.2, 0) is 14.8 Å². The first kappa shape index (κ1) is 16.8. The minimum Gasteiger partial charge on any atom is -0.325 e. The van der Waals surface area contributed by atoms with Crippen LogP contribution >= 0.6 is 23.4 Å². The summed E-state index contributed by atoms with van der Waals surface area (Å²) in [4.78, 5) is 12.7. The van der Waals surface area contributed by atoms with Crippen LogP contribution < -0.4 is 10.5 Å². The predicted molar refractivity (Wildman–Crippen MR) is 88.6 cm³/mol. The lowest BCUT2D eigenvalue weighted by Gasteiger charge is -2.07. The van der Waals surface area contributed by atoms with Gasteiger partial charge >= 0.3 is 0 Å². The van der Waals surface area contributed by atoms with Gasteiger partial charge in [-0.2, -0.15) is 0 Å². The van der Waals surface area contributed by atoms with Crippen LogP contribution in [-0.4, -0.2) is 20.1 Å². The lowest BCUT2D eigenvalue weighted by Crippen LogP contribution is -2.16. The number of thioether (sulfide) groups is 1. The van der Waals surface area contributed by atoms with Crippen LogP contribution in [0.1, 0.15) is 0 Å². The van der Waals surface area contributed by atoms with Gasteiger partial charge in [0.1, 0.15) is 0 Å². The van der Waals surface area contributed by atoms with E-state index in [9.17, 15) is 13.2 Å². The van der Waals surface area contributed by atoms with Gasteiger partial charge in [-0.25, -0.2) is 13.6 Å². The average molecular weight is 357 g/mol. The van der Waals surface area contributed by atoms with Gasteiger partial charge in [-0.05, 0) is 30.3 Å². The van der Waals surface area contributed by atoms with E-state index in [0.29, 0.717) is 10.7 Å². The summed E-state index contributed by atoms with van der Waals surface area (Å²) in [5.74, 6) is -0.111. The maximum atomic E-state index is 11.9. The fraction of sp³-hybridized carbons (Fsp3) is 0.0714. The number of halogens is 1. The molecular formula is C14H13ClN2O3S2. The zero-order valence-corrected chi connectivity index (χ0v) is 13.7. The average Bonchev–Trinajstić information content (AvgIpc) is 2.46. The number of hydrogen-bond donors (Lipinski definition) is 2. The molecule has 2 rings (SSSR count). The number of sulfonamides is 1. The van der Waals surface area contributed by atoms with E-state index in [-0.39, 0.29) is 16.6 Å². The monoisotopic (exact) mass is 356 g/mol. The second-order valence-corrected chi connectivity index (χ2v) is 7.33. The maximum Gasteiger partial charge on any atom is 0.238 e. The Morgan fingerprint density at radius 1 is 1.18 bits per heavy atom. The minimum absolute atomic E-state index is 0.0518. The van der Waals surface area contributed by atoms with E-state index in [4.69, 9.17) is 16.7 Å². The number of nitrogens with one attached hydrogen (secondary N) is 1. The van der Waals surface area contributed by atoms with Gasteiger partial charge in [-0.3, -0.25) is 4.79 Å². The number of carbonyl (C=O) groups is 1. The number of primary sulfonamides is 1. The molecule has 116 valence electrons. The van der Waals surface area contributed by atoms with Crippen molar-refractivity contribution in [1.82, 2.24) is 0 Å². The van der Waals surface area contributed by atoms with Crippen molar-refractivity contribution in [2.24, 2.45) is 5.14 Å². The van der Waals surface area contributed by atoms with E-state index < -0.39 is 10.0 Å². The lowest BCUT2D eigenvalue weighted by molar-refractivity contribution is -0.113. The van der Waals surface area contributed by atoms with E-state index >= 15 is 0 Å². The Kier molecular flexibility index (Phi) is 5.47. The molecule has 3 N–H and O–H groups in total. The van der Waals surface area contributed by atoms with Crippen molar-refractivity contribution in [3.05, 3.63) is 53.6 Å². The van der Waals surface area contributed by atoms with Crippen LogP contribution in [0.25, 0.3) is 0 Å². The molecule has 5 nitrogen and oxygen atoms in total. The van der Waals surface area contributed by atoms with Crippen LogP contribution in [0.4, 0.5) is 5.69 Å². The SMILES string of the molecule is NS(=O)(=O)c1cccc(NC(=O)CSc2ccccc2Cl)c1. The summed E-state index contributed by atoms with van der Waals surface area (Å²) in [6.07, 6.45) is 0. The first-order chi connectivity index (χ1) is 10.4. The number of rotatable bonds is 5. The summed E-state index contributed by atoms with van der Waals surface area (Å²) in [6, 6.07) is 13.0. The Morgan fingerprint density at radius 2 is 1.91 bits per heavy atom. The van der Waals surface area contributed by atoms with Crippen LogP contribution in [0, 0.1) is 0 Å². The Labute approximate surface area is 137 Å². The number of hydrogen-bond acceptors (Lipinski definition) is 4.